The molecule has 114 valence electrons. The van der Waals surface area contributed by atoms with E-state index in [0.29, 0.717) is 47.8 Å². The number of nitrogens with zero attached hydrogens (tertiary/aromatic N) is 2. The third-order valence-electron chi connectivity index (χ3n) is 3.49. The Balaban J connectivity index is 1.97. The lowest BCUT2D eigenvalue weighted by Gasteiger charge is -2.34. The van der Waals surface area contributed by atoms with Crippen LogP contribution in [0.1, 0.15) is 10.4 Å². The highest BCUT2D eigenvalue weighted by atomic mass is 79.9. The molecule has 2 amide bonds. The molecular weight excluding hydrogens is 358 g/mol. The number of nitrogens with one attached hydrogen (secondary N) is 1. The molecule has 0 aliphatic carbocycles. The fraction of sp³-hybridized carbons (Fsp3) is 0.429. The summed E-state index contributed by atoms with van der Waals surface area (Å²) in [5.41, 5.74) is 0.505. The predicted molar refractivity (Wildman–Crippen MR) is 85.6 cm³/mol. The predicted octanol–water partition coefficient (Wildman–Crippen LogP) is 1.61. The molecule has 1 aliphatic heterocycles. The molecule has 0 unspecified atom stereocenters. The molecule has 1 aromatic rings. The Bertz CT molecular complexity index is 545. The zero-order valence-corrected chi connectivity index (χ0v) is 14.1. The van der Waals surface area contributed by atoms with E-state index in [4.69, 9.17) is 11.6 Å². The van der Waals surface area contributed by atoms with Crippen molar-refractivity contribution < 1.29 is 9.59 Å². The second kappa shape index (κ2) is 7.24. The van der Waals surface area contributed by atoms with E-state index in [-0.39, 0.29) is 11.8 Å². The van der Waals surface area contributed by atoms with E-state index >= 15 is 0 Å². The van der Waals surface area contributed by atoms with Crippen molar-refractivity contribution in [2.75, 3.05) is 39.8 Å². The molecule has 0 aromatic heterocycles. The number of benzene rings is 1. The summed E-state index contributed by atoms with van der Waals surface area (Å²) >= 11 is 9.49. The van der Waals surface area contributed by atoms with Gasteiger partial charge in [-0.1, -0.05) is 17.7 Å². The highest BCUT2D eigenvalue weighted by Crippen LogP contribution is 2.27. The van der Waals surface area contributed by atoms with Gasteiger partial charge in [0.25, 0.3) is 5.91 Å². The number of rotatable bonds is 3. The Morgan fingerprint density at radius 3 is 2.57 bits per heavy atom. The Kier molecular flexibility index (Phi) is 5.61. The third-order valence-corrected chi connectivity index (χ3v) is 4.78. The lowest BCUT2D eigenvalue weighted by molar-refractivity contribution is -0.122. The van der Waals surface area contributed by atoms with Crippen molar-refractivity contribution >= 4 is 39.3 Å². The number of piperazine rings is 1. The third kappa shape index (κ3) is 3.96. The van der Waals surface area contributed by atoms with E-state index in [0.717, 1.165) is 0 Å². The summed E-state index contributed by atoms with van der Waals surface area (Å²) in [7, 11) is 1.62. The highest BCUT2D eigenvalue weighted by Gasteiger charge is 2.24. The standard InChI is InChI=1S/C14H17BrClN3O2/c1-17-12(20)9-18-5-7-19(8-6-18)14(21)10-3-2-4-11(15)13(10)16/h2-4H,5-9H2,1H3,(H,17,20). The van der Waals surface area contributed by atoms with Crippen molar-refractivity contribution in [1.82, 2.24) is 15.1 Å². The SMILES string of the molecule is CNC(=O)CN1CCN(C(=O)c2cccc(Br)c2Cl)CC1. The van der Waals surface area contributed by atoms with Crippen LogP contribution in [-0.2, 0) is 4.79 Å². The fourth-order valence-electron chi connectivity index (χ4n) is 2.23. The zero-order chi connectivity index (χ0) is 15.4. The van der Waals surface area contributed by atoms with E-state index in [2.05, 4.69) is 21.2 Å². The van der Waals surface area contributed by atoms with E-state index in [1.807, 2.05) is 4.90 Å². The Hall–Kier alpha value is -1.11. The first-order chi connectivity index (χ1) is 10.0. The van der Waals surface area contributed by atoms with Crippen LogP contribution in [0.5, 0.6) is 0 Å². The first-order valence-electron chi connectivity index (χ1n) is 6.69. The van der Waals surface area contributed by atoms with Crippen molar-refractivity contribution in [3.8, 4) is 0 Å². The number of halogens is 2. The summed E-state index contributed by atoms with van der Waals surface area (Å²) in [6.07, 6.45) is 0. The van der Waals surface area contributed by atoms with E-state index in [9.17, 15) is 9.59 Å². The monoisotopic (exact) mass is 373 g/mol. The Morgan fingerprint density at radius 2 is 1.95 bits per heavy atom. The minimum Gasteiger partial charge on any atom is -0.358 e. The molecule has 0 radical (unpaired) electrons. The number of carbonyl (C=O) groups excluding carboxylic acids is 2. The molecule has 0 spiro atoms. The van der Waals surface area contributed by atoms with Gasteiger partial charge >= 0.3 is 0 Å². The van der Waals surface area contributed by atoms with Crippen molar-refractivity contribution in [3.63, 3.8) is 0 Å². The van der Waals surface area contributed by atoms with Crippen LogP contribution in [0.2, 0.25) is 5.02 Å². The number of likely N-dealkylation sites (N-methyl/N-ethyl adjacent to an activating group) is 1. The summed E-state index contributed by atoms with van der Waals surface area (Å²) in [4.78, 5) is 27.6. The van der Waals surface area contributed by atoms with Crippen LogP contribution in [0.4, 0.5) is 0 Å². The van der Waals surface area contributed by atoms with Crippen LogP contribution in [0.3, 0.4) is 0 Å². The normalized spacial score (nSPS) is 15.9. The lowest BCUT2D eigenvalue weighted by atomic mass is 10.2. The number of carbonyl (C=O) groups is 2. The number of hydrogen-bond donors (Lipinski definition) is 1. The van der Waals surface area contributed by atoms with Gasteiger partial charge in [0.15, 0.2) is 0 Å². The quantitative estimate of drug-likeness (QED) is 0.874. The van der Waals surface area contributed by atoms with Crippen LogP contribution in [0.15, 0.2) is 22.7 Å². The first kappa shape index (κ1) is 16.3. The Labute approximate surface area is 137 Å². The molecule has 2 rings (SSSR count). The van der Waals surface area contributed by atoms with Crippen molar-refractivity contribution in [3.05, 3.63) is 33.3 Å². The highest BCUT2D eigenvalue weighted by molar-refractivity contribution is 9.10. The second-order valence-electron chi connectivity index (χ2n) is 4.84. The molecule has 1 aromatic carbocycles. The van der Waals surface area contributed by atoms with E-state index in [1.165, 1.54) is 0 Å². The van der Waals surface area contributed by atoms with Gasteiger partial charge in [-0.3, -0.25) is 14.5 Å². The summed E-state index contributed by atoms with van der Waals surface area (Å²) in [6, 6.07) is 5.33. The van der Waals surface area contributed by atoms with Crippen molar-refractivity contribution in [1.29, 1.82) is 0 Å². The average Bonchev–Trinajstić information content (AvgIpc) is 2.50. The summed E-state index contributed by atoms with van der Waals surface area (Å²) < 4.78 is 0.716. The second-order valence-corrected chi connectivity index (χ2v) is 6.08. The molecule has 1 fully saturated rings. The molecule has 7 heteroatoms. The molecule has 1 aliphatic rings. The van der Waals surface area contributed by atoms with Crippen molar-refractivity contribution in [2.24, 2.45) is 0 Å². The largest absolute Gasteiger partial charge is 0.358 e. The van der Waals surface area contributed by atoms with Crippen LogP contribution < -0.4 is 5.32 Å². The Morgan fingerprint density at radius 1 is 1.29 bits per heavy atom. The number of amides is 2. The molecule has 1 heterocycles. The molecule has 21 heavy (non-hydrogen) atoms. The summed E-state index contributed by atoms with van der Waals surface area (Å²) in [5.74, 6) is -0.0781. The average molecular weight is 375 g/mol. The van der Waals surface area contributed by atoms with E-state index in [1.54, 1.807) is 30.1 Å². The van der Waals surface area contributed by atoms with Gasteiger partial charge in [0.1, 0.15) is 0 Å². The zero-order valence-electron chi connectivity index (χ0n) is 11.7. The molecule has 5 nitrogen and oxygen atoms in total. The summed E-state index contributed by atoms with van der Waals surface area (Å²) in [5, 5.41) is 3.04. The van der Waals surface area contributed by atoms with Gasteiger partial charge in [-0.15, -0.1) is 0 Å². The van der Waals surface area contributed by atoms with Gasteiger partial charge < -0.3 is 10.2 Å². The topological polar surface area (TPSA) is 52.7 Å². The van der Waals surface area contributed by atoms with Gasteiger partial charge in [0, 0.05) is 37.7 Å². The maximum atomic E-state index is 12.5. The van der Waals surface area contributed by atoms with Gasteiger partial charge in [-0.25, -0.2) is 0 Å². The van der Waals surface area contributed by atoms with Gasteiger partial charge in [-0.05, 0) is 28.1 Å². The lowest BCUT2D eigenvalue weighted by Crippen LogP contribution is -2.50. The fourth-order valence-corrected chi connectivity index (χ4v) is 2.80. The smallest absolute Gasteiger partial charge is 0.255 e. The van der Waals surface area contributed by atoms with Crippen LogP contribution in [-0.4, -0.2) is 61.4 Å². The summed E-state index contributed by atoms with van der Waals surface area (Å²) in [6.45, 7) is 2.93. The maximum absolute atomic E-state index is 12.5. The van der Waals surface area contributed by atoms with Gasteiger partial charge in [-0.2, -0.15) is 0 Å². The van der Waals surface area contributed by atoms with E-state index < -0.39 is 0 Å². The minimum atomic E-state index is -0.0686. The molecule has 0 saturated carbocycles. The molecule has 0 atom stereocenters. The first-order valence-corrected chi connectivity index (χ1v) is 7.86. The van der Waals surface area contributed by atoms with Crippen LogP contribution in [0, 0.1) is 0 Å². The molecular formula is C14H17BrClN3O2. The van der Waals surface area contributed by atoms with Crippen LogP contribution >= 0.6 is 27.5 Å². The van der Waals surface area contributed by atoms with Crippen LogP contribution in [0.25, 0.3) is 0 Å². The minimum absolute atomic E-state index is 0.00943. The maximum Gasteiger partial charge on any atom is 0.255 e. The van der Waals surface area contributed by atoms with Gasteiger partial charge in [0.05, 0.1) is 17.1 Å². The van der Waals surface area contributed by atoms with Gasteiger partial charge in [0.2, 0.25) is 5.91 Å². The van der Waals surface area contributed by atoms with Crippen molar-refractivity contribution in [2.45, 2.75) is 0 Å². The number of hydrogen-bond acceptors (Lipinski definition) is 3. The molecule has 0 bridgehead atoms. The molecule has 1 saturated heterocycles. The molecule has 1 N–H and O–H groups in total.